The van der Waals surface area contributed by atoms with E-state index < -0.39 is 30.5 Å². The molecular formula is C15H13Br2NO5. The minimum atomic E-state index is -1.45. The number of rotatable bonds is 6. The van der Waals surface area contributed by atoms with Crippen LogP contribution in [0, 0.1) is 0 Å². The molecule has 1 unspecified atom stereocenters. The van der Waals surface area contributed by atoms with E-state index in [1.165, 1.54) is 0 Å². The molecule has 0 aliphatic carbocycles. The fourth-order valence-electron chi connectivity index (χ4n) is 2.07. The van der Waals surface area contributed by atoms with Gasteiger partial charge in [0, 0.05) is 4.47 Å². The second-order valence-electron chi connectivity index (χ2n) is 4.86. The highest BCUT2D eigenvalue weighted by Gasteiger charge is 2.29. The molecule has 23 heavy (non-hydrogen) atoms. The molecule has 0 aromatic heterocycles. The SMILES string of the molecule is N[C@H](C(=O)O)C(CC(=O)O)Oc1ccc2cc(Br)ccc2c1Br. The molecule has 0 fully saturated rings. The molecule has 4 N–H and O–H groups in total. The minimum absolute atomic E-state index is 0.336. The first-order valence-electron chi connectivity index (χ1n) is 6.54. The van der Waals surface area contributed by atoms with E-state index in [0.29, 0.717) is 10.2 Å². The lowest BCUT2D eigenvalue weighted by Crippen LogP contribution is -2.46. The van der Waals surface area contributed by atoms with Gasteiger partial charge in [-0.3, -0.25) is 9.59 Å². The number of fused-ring (bicyclic) bond motifs is 1. The Balaban J connectivity index is 2.37. The number of halogens is 2. The molecule has 0 spiro atoms. The lowest BCUT2D eigenvalue weighted by molar-refractivity contribution is -0.143. The lowest BCUT2D eigenvalue weighted by atomic mass is 10.1. The van der Waals surface area contributed by atoms with Crippen LogP contribution in [-0.2, 0) is 9.59 Å². The van der Waals surface area contributed by atoms with Crippen LogP contribution in [-0.4, -0.2) is 34.3 Å². The summed E-state index contributed by atoms with van der Waals surface area (Å²) in [7, 11) is 0. The molecule has 0 bridgehead atoms. The molecule has 2 aromatic carbocycles. The third-order valence-electron chi connectivity index (χ3n) is 3.22. The van der Waals surface area contributed by atoms with Crippen LogP contribution in [0.4, 0.5) is 0 Å². The first-order chi connectivity index (χ1) is 10.8. The van der Waals surface area contributed by atoms with Crippen molar-refractivity contribution in [3.8, 4) is 5.75 Å². The van der Waals surface area contributed by atoms with Crippen molar-refractivity contribution in [1.82, 2.24) is 0 Å². The van der Waals surface area contributed by atoms with E-state index in [-0.39, 0.29) is 0 Å². The number of benzene rings is 2. The first-order valence-corrected chi connectivity index (χ1v) is 8.13. The zero-order chi connectivity index (χ0) is 17.1. The predicted octanol–water partition coefficient (Wildman–Crippen LogP) is 3.00. The van der Waals surface area contributed by atoms with Crippen molar-refractivity contribution in [3.63, 3.8) is 0 Å². The summed E-state index contributed by atoms with van der Waals surface area (Å²) in [5.41, 5.74) is 5.53. The second kappa shape index (κ2) is 7.29. The Hall–Kier alpha value is -1.64. The van der Waals surface area contributed by atoms with Crippen LogP contribution in [0.5, 0.6) is 5.75 Å². The van der Waals surface area contributed by atoms with Gasteiger partial charge in [0.15, 0.2) is 0 Å². The van der Waals surface area contributed by atoms with Crippen LogP contribution >= 0.6 is 31.9 Å². The van der Waals surface area contributed by atoms with Crippen molar-refractivity contribution in [2.24, 2.45) is 5.73 Å². The molecule has 2 atom stereocenters. The molecular weight excluding hydrogens is 434 g/mol. The number of carbonyl (C=O) groups is 2. The number of nitrogens with two attached hydrogens (primary N) is 1. The molecule has 2 rings (SSSR count). The van der Waals surface area contributed by atoms with E-state index >= 15 is 0 Å². The largest absolute Gasteiger partial charge is 0.486 e. The van der Waals surface area contributed by atoms with Crippen molar-refractivity contribution in [1.29, 1.82) is 0 Å². The summed E-state index contributed by atoms with van der Waals surface area (Å²) in [6.07, 6.45) is -1.70. The maximum Gasteiger partial charge on any atom is 0.324 e. The minimum Gasteiger partial charge on any atom is -0.486 e. The number of hydrogen-bond acceptors (Lipinski definition) is 4. The van der Waals surface area contributed by atoms with Gasteiger partial charge in [0.05, 0.1) is 10.9 Å². The van der Waals surface area contributed by atoms with Gasteiger partial charge in [-0.1, -0.05) is 28.1 Å². The fourth-order valence-corrected chi connectivity index (χ4v) is 3.04. The maximum atomic E-state index is 11.0. The summed E-state index contributed by atoms with van der Waals surface area (Å²) in [5, 5.41) is 19.7. The lowest BCUT2D eigenvalue weighted by Gasteiger charge is -2.22. The van der Waals surface area contributed by atoms with Crippen LogP contribution in [0.25, 0.3) is 10.8 Å². The molecule has 0 aliphatic heterocycles. The average molecular weight is 447 g/mol. The second-order valence-corrected chi connectivity index (χ2v) is 6.57. The van der Waals surface area contributed by atoms with Gasteiger partial charge >= 0.3 is 11.9 Å². The zero-order valence-corrected chi connectivity index (χ0v) is 14.9. The Bertz CT molecular complexity index is 765. The normalized spacial score (nSPS) is 13.5. The van der Waals surface area contributed by atoms with Gasteiger partial charge in [-0.25, -0.2) is 0 Å². The molecule has 0 radical (unpaired) electrons. The van der Waals surface area contributed by atoms with Crippen LogP contribution < -0.4 is 10.5 Å². The van der Waals surface area contributed by atoms with Crippen LogP contribution in [0.2, 0.25) is 0 Å². The molecule has 0 heterocycles. The van der Waals surface area contributed by atoms with Crippen molar-refractivity contribution < 1.29 is 24.5 Å². The van der Waals surface area contributed by atoms with E-state index in [2.05, 4.69) is 31.9 Å². The van der Waals surface area contributed by atoms with Gasteiger partial charge in [0.2, 0.25) is 0 Å². The Labute approximate surface area is 148 Å². The van der Waals surface area contributed by atoms with Gasteiger partial charge < -0.3 is 20.7 Å². The Morgan fingerprint density at radius 1 is 1.17 bits per heavy atom. The molecule has 0 aliphatic rings. The van der Waals surface area contributed by atoms with Crippen LogP contribution in [0.1, 0.15) is 6.42 Å². The molecule has 8 heteroatoms. The quantitative estimate of drug-likeness (QED) is 0.629. The molecule has 0 saturated carbocycles. The monoisotopic (exact) mass is 445 g/mol. The summed E-state index contributed by atoms with van der Waals surface area (Å²) < 4.78 is 7.10. The summed E-state index contributed by atoms with van der Waals surface area (Å²) in [6, 6.07) is 7.63. The van der Waals surface area contributed by atoms with Crippen molar-refractivity contribution in [2.75, 3.05) is 0 Å². The predicted molar refractivity (Wildman–Crippen MR) is 91.6 cm³/mol. The van der Waals surface area contributed by atoms with Gasteiger partial charge in [-0.2, -0.15) is 0 Å². The fraction of sp³-hybridized carbons (Fsp3) is 0.200. The van der Waals surface area contributed by atoms with Gasteiger partial charge in [0.1, 0.15) is 17.9 Å². The maximum absolute atomic E-state index is 11.0. The molecule has 0 amide bonds. The number of aliphatic carboxylic acids is 2. The van der Waals surface area contributed by atoms with Crippen molar-refractivity contribution in [3.05, 3.63) is 39.3 Å². The van der Waals surface area contributed by atoms with Crippen LogP contribution in [0.3, 0.4) is 0 Å². The van der Waals surface area contributed by atoms with Gasteiger partial charge in [0.25, 0.3) is 0 Å². The van der Waals surface area contributed by atoms with E-state index in [9.17, 15) is 9.59 Å². The summed E-state index contributed by atoms with van der Waals surface area (Å²) in [4.78, 5) is 21.9. The Kier molecular flexibility index (Phi) is 5.61. The number of carboxylic acids is 2. The zero-order valence-electron chi connectivity index (χ0n) is 11.7. The van der Waals surface area contributed by atoms with Crippen molar-refractivity contribution >= 4 is 54.6 Å². The van der Waals surface area contributed by atoms with Crippen LogP contribution in [0.15, 0.2) is 39.3 Å². The number of hydrogen-bond donors (Lipinski definition) is 3. The Morgan fingerprint density at radius 2 is 1.87 bits per heavy atom. The highest BCUT2D eigenvalue weighted by molar-refractivity contribution is 9.11. The van der Waals surface area contributed by atoms with Gasteiger partial charge in [-0.15, -0.1) is 0 Å². The highest BCUT2D eigenvalue weighted by Crippen LogP contribution is 2.35. The van der Waals surface area contributed by atoms with E-state index in [4.69, 9.17) is 20.7 Å². The molecule has 0 saturated heterocycles. The average Bonchev–Trinajstić information content (AvgIpc) is 2.47. The third kappa shape index (κ3) is 4.21. The first kappa shape index (κ1) is 17.7. The van der Waals surface area contributed by atoms with E-state index in [1.807, 2.05) is 18.2 Å². The number of carboxylic acid groups (broad SMARTS) is 2. The Morgan fingerprint density at radius 3 is 2.48 bits per heavy atom. The van der Waals surface area contributed by atoms with E-state index in [0.717, 1.165) is 15.2 Å². The van der Waals surface area contributed by atoms with Gasteiger partial charge in [-0.05, 0) is 44.9 Å². The topological polar surface area (TPSA) is 110 Å². The number of ether oxygens (including phenoxy) is 1. The third-order valence-corrected chi connectivity index (χ3v) is 4.53. The molecule has 2 aromatic rings. The standard InChI is InChI=1S/C15H13Br2NO5/c16-8-2-3-9-7(5-8)1-4-10(13(9)17)23-11(6-12(19)20)14(18)15(21)22/h1-5,11,14H,6,18H2,(H,19,20)(H,21,22)/t11?,14-/m0/s1. The summed E-state index contributed by atoms with van der Waals surface area (Å²) in [6.45, 7) is 0. The summed E-state index contributed by atoms with van der Waals surface area (Å²) in [5.74, 6) is -2.17. The molecule has 6 nitrogen and oxygen atoms in total. The summed E-state index contributed by atoms with van der Waals surface area (Å²) >= 11 is 6.80. The van der Waals surface area contributed by atoms with E-state index in [1.54, 1.807) is 12.1 Å². The highest BCUT2D eigenvalue weighted by atomic mass is 79.9. The smallest absolute Gasteiger partial charge is 0.324 e. The molecule has 122 valence electrons. The van der Waals surface area contributed by atoms with Crippen molar-refractivity contribution in [2.45, 2.75) is 18.6 Å².